The summed E-state index contributed by atoms with van der Waals surface area (Å²) >= 11 is 6.05. The van der Waals surface area contributed by atoms with Gasteiger partial charge in [-0.25, -0.2) is 24.9 Å². The van der Waals surface area contributed by atoms with E-state index in [4.69, 9.17) is 17.3 Å². The number of hydrogen-bond acceptors (Lipinski definition) is 8. The van der Waals surface area contributed by atoms with Gasteiger partial charge in [0.05, 0.1) is 11.3 Å². The maximum Gasteiger partial charge on any atom is 0.219 e. The van der Waals surface area contributed by atoms with Gasteiger partial charge in [-0.3, -0.25) is 0 Å². The fourth-order valence-electron chi connectivity index (χ4n) is 2.67. The summed E-state index contributed by atoms with van der Waals surface area (Å²) < 4.78 is 13.3. The minimum absolute atomic E-state index is 0.145. The molecule has 4 N–H and O–H groups in total. The van der Waals surface area contributed by atoms with Crippen LogP contribution in [0.25, 0.3) is 11.3 Å². The van der Waals surface area contributed by atoms with E-state index in [2.05, 4.69) is 26.1 Å². The molecule has 0 unspecified atom stereocenters. The van der Waals surface area contributed by atoms with Crippen LogP contribution in [0.3, 0.4) is 0 Å². The van der Waals surface area contributed by atoms with Gasteiger partial charge in [-0.05, 0) is 42.0 Å². The maximum absolute atomic E-state index is 13.3. The van der Waals surface area contributed by atoms with Gasteiger partial charge in [0.25, 0.3) is 0 Å². The molecule has 26 heavy (non-hydrogen) atoms. The lowest BCUT2D eigenvalue weighted by molar-refractivity contribution is 0.412. The summed E-state index contributed by atoms with van der Waals surface area (Å²) in [5, 5.41) is 15.0. The Balaban J connectivity index is 2.01. The smallest absolute Gasteiger partial charge is 0.219 e. The Morgan fingerprint density at radius 3 is 2.69 bits per heavy atom. The van der Waals surface area contributed by atoms with Crippen LogP contribution in [0.1, 0.15) is 16.8 Å². The van der Waals surface area contributed by atoms with Gasteiger partial charge < -0.3 is 5.73 Å². The zero-order valence-corrected chi connectivity index (χ0v) is 13.8. The van der Waals surface area contributed by atoms with Crippen molar-refractivity contribution in [1.82, 2.24) is 21.1 Å². The third-order valence-electron chi connectivity index (χ3n) is 3.77. The van der Waals surface area contributed by atoms with Gasteiger partial charge in [0.2, 0.25) is 5.96 Å². The summed E-state index contributed by atoms with van der Waals surface area (Å²) in [5.41, 5.74) is 13.7. The number of halogens is 2. The summed E-state index contributed by atoms with van der Waals surface area (Å²) in [5.74, 6) is 0.214. The fraction of sp³-hybridized carbons (Fsp3) is 0. The van der Waals surface area contributed by atoms with E-state index < -0.39 is 0 Å². The summed E-state index contributed by atoms with van der Waals surface area (Å²) in [6, 6.07) is 10.9. The molecule has 0 amide bonds. The summed E-state index contributed by atoms with van der Waals surface area (Å²) in [6.07, 6.45) is 0. The average molecular weight is 369 g/mol. The van der Waals surface area contributed by atoms with Crippen LogP contribution >= 0.6 is 11.6 Å². The van der Waals surface area contributed by atoms with E-state index >= 15 is 0 Å². The first-order valence-electron chi connectivity index (χ1n) is 7.38. The highest BCUT2D eigenvalue weighted by atomic mass is 35.5. The van der Waals surface area contributed by atoms with Gasteiger partial charge in [0.1, 0.15) is 22.7 Å². The highest BCUT2D eigenvalue weighted by Crippen LogP contribution is 2.34. The van der Waals surface area contributed by atoms with Crippen LogP contribution in [0, 0.1) is 17.1 Å². The number of hydrogen-bond donors (Lipinski definition) is 3. The number of hydrazine groups is 2. The highest BCUT2D eigenvalue weighted by Gasteiger charge is 2.32. The molecule has 128 valence electrons. The van der Waals surface area contributed by atoms with E-state index in [0.717, 1.165) is 0 Å². The molecule has 2 aliphatic rings. The van der Waals surface area contributed by atoms with Crippen LogP contribution in [-0.4, -0.2) is 21.8 Å². The molecule has 0 atom stereocenters. The predicted octanol–water partition coefficient (Wildman–Crippen LogP) is 1.58. The second-order valence-corrected chi connectivity index (χ2v) is 5.76. The third-order valence-corrected chi connectivity index (χ3v) is 3.96. The largest absolute Gasteiger partial charge is 0.368 e. The van der Waals surface area contributed by atoms with Gasteiger partial charge in [0.15, 0.2) is 5.84 Å². The van der Waals surface area contributed by atoms with Crippen LogP contribution in [0.15, 0.2) is 46.5 Å². The quantitative estimate of drug-likeness (QED) is 0.693. The standard InChI is InChI=1S/C16H10ClFN8/c17-12-6-9(5-11(7-19)21-12)13-14(8-1-3-10(18)4-2-8)22-16(20)26-15(13)23-24-25-26/h1-6,24-25H,(H2,20,22). The van der Waals surface area contributed by atoms with Crippen LogP contribution in [0.4, 0.5) is 4.39 Å². The van der Waals surface area contributed by atoms with Gasteiger partial charge in [0, 0.05) is 5.56 Å². The number of nitrogens with one attached hydrogen (secondary N) is 2. The summed E-state index contributed by atoms with van der Waals surface area (Å²) in [6.45, 7) is 0. The number of rotatable bonds is 2. The van der Waals surface area contributed by atoms with E-state index in [0.29, 0.717) is 28.2 Å². The SMILES string of the molecule is N#Cc1cc(C2=C(c3ccc(F)cc3)N=C(N)N3NNN=C23)cc(Cl)n1. The second kappa shape index (κ2) is 6.11. The number of benzene rings is 1. The molecular formula is C16H10ClFN8. The van der Waals surface area contributed by atoms with E-state index in [1.165, 1.54) is 17.1 Å². The Morgan fingerprint density at radius 2 is 1.96 bits per heavy atom. The molecule has 8 nitrogen and oxygen atoms in total. The topological polar surface area (TPSA) is 115 Å². The zero-order valence-electron chi connectivity index (χ0n) is 13.0. The Labute approximate surface area is 152 Å². The second-order valence-electron chi connectivity index (χ2n) is 5.37. The first-order chi connectivity index (χ1) is 12.6. The van der Waals surface area contributed by atoms with Crippen molar-refractivity contribution in [2.45, 2.75) is 0 Å². The van der Waals surface area contributed by atoms with Crippen molar-refractivity contribution in [3.05, 3.63) is 64.2 Å². The number of aromatic nitrogens is 1. The number of guanidine groups is 1. The molecule has 0 saturated heterocycles. The van der Waals surface area contributed by atoms with Crippen LogP contribution in [0.2, 0.25) is 5.15 Å². The third kappa shape index (κ3) is 2.63. The van der Waals surface area contributed by atoms with Crippen LogP contribution in [0.5, 0.6) is 0 Å². The number of aliphatic imine (C=N–C) groups is 1. The van der Waals surface area contributed by atoms with Crippen molar-refractivity contribution >= 4 is 34.7 Å². The first kappa shape index (κ1) is 16.0. The van der Waals surface area contributed by atoms with E-state index in [9.17, 15) is 9.65 Å². The molecule has 0 radical (unpaired) electrons. The van der Waals surface area contributed by atoms with E-state index in [-0.39, 0.29) is 22.6 Å². The Hall–Kier alpha value is -3.48. The number of amidine groups is 1. The molecule has 1 aromatic carbocycles. The monoisotopic (exact) mass is 368 g/mol. The molecule has 0 fully saturated rings. The van der Waals surface area contributed by atoms with Crippen molar-refractivity contribution < 1.29 is 4.39 Å². The molecule has 1 aromatic heterocycles. The Kier molecular flexibility index (Phi) is 3.76. The van der Waals surface area contributed by atoms with Gasteiger partial charge in [-0.1, -0.05) is 11.6 Å². The first-order valence-corrected chi connectivity index (χ1v) is 7.76. The number of nitrogens with two attached hydrogens (primary N) is 1. The van der Waals surface area contributed by atoms with Crippen molar-refractivity contribution in [3.63, 3.8) is 0 Å². The Morgan fingerprint density at radius 1 is 1.19 bits per heavy atom. The van der Waals surface area contributed by atoms with Crippen LogP contribution in [-0.2, 0) is 0 Å². The molecule has 3 heterocycles. The number of nitrogens with zero attached hydrogens (tertiary/aromatic N) is 5. The number of nitriles is 1. The van der Waals surface area contributed by atoms with Crippen molar-refractivity contribution in [2.75, 3.05) is 0 Å². The minimum Gasteiger partial charge on any atom is -0.368 e. The van der Waals surface area contributed by atoms with Crippen LogP contribution < -0.4 is 16.8 Å². The summed E-state index contributed by atoms with van der Waals surface area (Å²) in [4.78, 5) is 8.36. The number of pyridine rings is 1. The van der Waals surface area contributed by atoms with E-state index in [1.807, 2.05) is 6.07 Å². The summed E-state index contributed by atoms with van der Waals surface area (Å²) in [7, 11) is 0. The number of fused-ring (bicyclic) bond motifs is 1. The Bertz CT molecular complexity index is 1040. The molecule has 10 heteroatoms. The fourth-order valence-corrected chi connectivity index (χ4v) is 2.88. The van der Waals surface area contributed by atoms with Gasteiger partial charge in [-0.15, -0.1) is 10.6 Å². The predicted molar refractivity (Wildman–Crippen MR) is 94.3 cm³/mol. The van der Waals surface area contributed by atoms with Gasteiger partial charge >= 0.3 is 0 Å². The van der Waals surface area contributed by atoms with Crippen molar-refractivity contribution in [2.24, 2.45) is 15.8 Å². The molecular weight excluding hydrogens is 359 g/mol. The van der Waals surface area contributed by atoms with Gasteiger partial charge in [-0.2, -0.15) is 5.26 Å². The molecule has 2 aromatic rings. The molecule has 4 rings (SSSR count). The van der Waals surface area contributed by atoms with Crippen molar-refractivity contribution in [1.29, 1.82) is 5.26 Å². The minimum atomic E-state index is -0.370. The molecule has 2 aliphatic heterocycles. The maximum atomic E-state index is 13.3. The average Bonchev–Trinajstić information content (AvgIpc) is 3.12. The zero-order chi connectivity index (χ0) is 18.3. The molecule has 0 aliphatic carbocycles. The molecule has 0 saturated carbocycles. The lowest BCUT2D eigenvalue weighted by Gasteiger charge is -2.25. The number of hydrazone groups is 1. The normalized spacial score (nSPS) is 15.8. The lowest BCUT2D eigenvalue weighted by atomic mass is 9.97. The van der Waals surface area contributed by atoms with Crippen molar-refractivity contribution in [3.8, 4) is 6.07 Å². The lowest BCUT2D eigenvalue weighted by Crippen LogP contribution is -2.50. The highest BCUT2D eigenvalue weighted by molar-refractivity contribution is 6.35. The molecule has 0 bridgehead atoms. The van der Waals surface area contributed by atoms with E-state index in [1.54, 1.807) is 24.3 Å². The molecule has 0 spiro atoms.